The highest BCUT2D eigenvalue weighted by atomic mass is 79.9. The zero-order valence-corrected chi connectivity index (χ0v) is 14.3. The minimum Gasteiger partial charge on any atom is -0.276 e. The lowest BCUT2D eigenvalue weighted by Crippen LogP contribution is -2.01. The van der Waals surface area contributed by atoms with Crippen LogP contribution in [0.3, 0.4) is 0 Å². The van der Waals surface area contributed by atoms with Crippen LogP contribution in [0.15, 0.2) is 98.9 Å². The van der Waals surface area contributed by atoms with Crippen molar-refractivity contribution in [3.8, 4) is 0 Å². The van der Waals surface area contributed by atoms with Gasteiger partial charge in [0.05, 0.1) is 11.4 Å². The van der Waals surface area contributed by atoms with E-state index in [1.165, 1.54) is 0 Å². The second-order valence-electron chi connectivity index (χ2n) is 4.83. The van der Waals surface area contributed by atoms with Gasteiger partial charge in [0.1, 0.15) is 0 Å². The first-order valence-electron chi connectivity index (χ1n) is 7.28. The Kier molecular flexibility index (Phi) is 5.42. The first kappa shape index (κ1) is 16.0. The van der Waals surface area contributed by atoms with Crippen molar-refractivity contribution < 1.29 is 0 Å². The number of para-hydroxylation sites is 1. The number of halogens is 1. The van der Waals surface area contributed by atoms with E-state index in [4.69, 9.17) is 0 Å². The zero-order chi connectivity index (χ0) is 16.6. The highest BCUT2D eigenvalue weighted by molar-refractivity contribution is 9.10. The van der Waals surface area contributed by atoms with Gasteiger partial charge in [0.2, 0.25) is 5.84 Å². The molecular formula is C18H14BrN5. The number of pyridine rings is 1. The number of amidine groups is 1. The molecule has 1 aromatic heterocycles. The lowest BCUT2D eigenvalue weighted by atomic mass is 10.2. The molecule has 24 heavy (non-hydrogen) atoms. The van der Waals surface area contributed by atoms with Crippen molar-refractivity contribution in [3.05, 3.63) is 89.2 Å². The van der Waals surface area contributed by atoms with Gasteiger partial charge in [-0.15, -0.1) is 10.2 Å². The van der Waals surface area contributed by atoms with Gasteiger partial charge in [0.25, 0.3) is 0 Å². The summed E-state index contributed by atoms with van der Waals surface area (Å²) < 4.78 is 0.996. The largest absolute Gasteiger partial charge is 0.276 e. The van der Waals surface area contributed by atoms with Crippen LogP contribution < -0.4 is 5.43 Å². The molecule has 6 heteroatoms. The Morgan fingerprint density at radius 2 is 1.58 bits per heavy atom. The molecule has 0 spiro atoms. The number of hydrogen-bond acceptors (Lipinski definition) is 4. The summed E-state index contributed by atoms with van der Waals surface area (Å²) in [7, 11) is 0. The number of hydrazone groups is 1. The number of rotatable bonds is 4. The van der Waals surface area contributed by atoms with Gasteiger partial charge in [-0.3, -0.25) is 10.4 Å². The number of anilines is 1. The molecule has 5 nitrogen and oxygen atoms in total. The van der Waals surface area contributed by atoms with Crippen LogP contribution >= 0.6 is 15.9 Å². The predicted octanol–water partition coefficient (Wildman–Crippen LogP) is 5.40. The van der Waals surface area contributed by atoms with E-state index in [9.17, 15) is 0 Å². The summed E-state index contributed by atoms with van der Waals surface area (Å²) in [6, 6.07) is 21.0. The van der Waals surface area contributed by atoms with Crippen LogP contribution in [0.5, 0.6) is 0 Å². The van der Waals surface area contributed by atoms with Crippen LogP contribution in [0.2, 0.25) is 0 Å². The predicted molar refractivity (Wildman–Crippen MR) is 99.5 cm³/mol. The normalized spacial score (nSPS) is 11.6. The Hall–Kier alpha value is -2.86. The zero-order valence-electron chi connectivity index (χ0n) is 12.7. The van der Waals surface area contributed by atoms with E-state index in [0.29, 0.717) is 5.84 Å². The van der Waals surface area contributed by atoms with Crippen molar-refractivity contribution >= 4 is 33.1 Å². The number of benzene rings is 2. The SMILES string of the molecule is Brc1ccc(N=NC(=NNc2ccccc2)c2ccncc2)cc1. The Morgan fingerprint density at radius 1 is 0.875 bits per heavy atom. The number of hydrogen-bond donors (Lipinski definition) is 1. The molecule has 0 radical (unpaired) electrons. The minimum absolute atomic E-state index is 0.476. The van der Waals surface area contributed by atoms with E-state index < -0.39 is 0 Å². The molecule has 3 rings (SSSR count). The molecule has 0 unspecified atom stereocenters. The maximum atomic E-state index is 4.37. The topological polar surface area (TPSA) is 62.0 Å². The van der Waals surface area contributed by atoms with Crippen LogP contribution in [0.25, 0.3) is 0 Å². The molecule has 0 fully saturated rings. The summed E-state index contributed by atoms with van der Waals surface area (Å²) in [5, 5.41) is 12.9. The Bertz CT molecular complexity index is 830. The maximum Gasteiger partial charge on any atom is 0.201 e. The van der Waals surface area contributed by atoms with Crippen molar-refractivity contribution in [1.82, 2.24) is 4.98 Å². The summed E-state index contributed by atoms with van der Waals surface area (Å²) in [6.45, 7) is 0. The van der Waals surface area contributed by atoms with Gasteiger partial charge >= 0.3 is 0 Å². The Balaban J connectivity index is 1.86. The molecule has 0 amide bonds. The van der Waals surface area contributed by atoms with Gasteiger partial charge < -0.3 is 0 Å². The molecular weight excluding hydrogens is 366 g/mol. The van der Waals surface area contributed by atoms with Gasteiger partial charge in [0.15, 0.2) is 0 Å². The fourth-order valence-corrected chi connectivity index (χ4v) is 2.15. The standard InChI is InChI=1S/C18H14BrN5/c19-15-6-8-17(9-7-15)22-24-18(14-10-12-20-13-11-14)23-21-16-4-2-1-3-5-16/h1-13,21H. The quantitative estimate of drug-likeness (QED) is 0.285. The molecule has 2 aromatic carbocycles. The van der Waals surface area contributed by atoms with Crippen molar-refractivity contribution in [2.45, 2.75) is 0 Å². The van der Waals surface area contributed by atoms with Crippen molar-refractivity contribution in [1.29, 1.82) is 0 Å². The number of azo groups is 1. The Labute approximate surface area is 148 Å². The summed E-state index contributed by atoms with van der Waals surface area (Å²) in [5.74, 6) is 0.476. The summed E-state index contributed by atoms with van der Waals surface area (Å²) in [6.07, 6.45) is 3.39. The van der Waals surface area contributed by atoms with Crippen molar-refractivity contribution in [2.75, 3.05) is 5.43 Å². The van der Waals surface area contributed by atoms with Gasteiger partial charge in [-0.25, -0.2) is 0 Å². The van der Waals surface area contributed by atoms with E-state index in [0.717, 1.165) is 21.4 Å². The summed E-state index contributed by atoms with van der Waals surface area (Å²) in [5.41, 5.74) is 5.45. The molecule has 0 atom stereocenters. The Morgan fingerprint density at radius 3 is 2.29 bits per heavy atom. The fraction of sp³-hybridized carbons (Fsp3) is 0. The summed E-state index contributed by atoms with van der Waals surface area (Å²) >= 11 is 3.40. The molecule has 3 aromatic rings. The van der Waals surface area contributed by atoms with E-state index in [2.05, 4.69) is 41.7 Å². The second kappa shape index (κ2) is 8.12. The average molecular weight is 380 g/mol. The monoisotopic (exact) mass is 379 g/mol. The van der Waals surface area contributed by atoms with Gasteiger partial charge in [-0.1, -0.05) is 34.1 Å². The highest BCUT2D eigenvalue weighted by Gasteiger charge is 2.02. The lowest BCUT2D eigenvalue weighted by Gasteiger charge is -2.03. The van der Waals surface area contributed by atoms with Crippen LogP contribution in [-0.4, -0.2) is 10.8 Å². The molecule has 118 valence electrons. The molecule has 0 saturated carbocycles. The number of aromatic nitrogens is 1. The van der Waals surface area contributed by atoms with E-state index in [-0.39, 0.29) is 0 Å². The third-order valence-electron chi connectivity index (χ3n) is 3.09. The molecule has 1 N–H and O–H groups in total. The highest BCUT2D eigenvalue weighted by Crippen LogP contribution is 2.17. The molecule has 1 heterocycles. The van der Waals surface area contributed by atoms with Gasteiger partial charge in [0, 0.05) is 22.4 Å². The third-order valence-corrected chi connectivity index (χ3v) is 3.62. The number of nitrogens with one attached hydrogen (secondary N) is 1. The smallest absolute Gasteiger partial charge is 0.201 e. The molecule has 0 aliphatic carbocycles. The van der Waals surface area contributed by atoms with E-state index in [1.54, 1.807) is 12.4 Å². The molecule has 0 saturated heterocycles. The van der Waals surface area contributed by atoms with Crippen LogP contribution in [0, 0.1) is 0 Å². The van der Waals surface area contributed by atoms with Crippen LogP contribution in [-0.2, 0) is 0 Å². The first-order chi connectivity index (χ1) is 11.8. The summed E-state index contributed by atoms with van der Waals surface area (Å²) in [4.78, 5) is 4.02. The van der Waals surface area contributed by atoms with Crippen molar-refractivity contribution in [3.63, 3.8) is 0 Å². The van der Waals surface area contributed by atoms with Crippen LogP contribution in [0.4, 0.5) is 11.4 Å². The maximum absolute atomic E-state index is 4.37. The van der Waals surface area contributed by atoms with Crippen LogP contribution in [0.1, 0.15) is 5.56 Å². The number of nitrogens with zero attached hydrogens (tertiary/aromatic N) is 4. The van der Waals surface area contributed by atoms with Gasteiger partial charge in [-0.2, -0.15) is 5.10 Å². The second-order valence-corrected chi connectivity index (χ2v) is 5.74. The molecule has 0 aliphatic rings. The fourth-order valence-electron chi connectivity index (χ4n) is 1.89. The van der Waals surface area contributed by atoms with Gasteiger partial charge in [-0.05, 0) is 48.5 Å². The lowest BCUT2D eigenvalue weighted by molar-refractivity contribution is 1.21. The molecule has 0 bridgehead atoms. The van der Waals surface area contributed by atoms with E-state index >= 15 is 0 Å². The first-order valence-corrected chi connectivity index (χ1v) is 8.07. The average Bonchev–Trinajstić information content (AvgIpc) is 2.65. The van der Waals surface area contributed by atoms with Crippen molar-refractivity contribution in [2.24, 2.45) is 15.3 Å². The third kappa shape index (κ3) is 4.57. The van der Waals surface area contributed by atoms with E-state index in [1.807, 2.05) is 66.7 Å². The minimum atomic E-state index is 0.476. The molecule has 0 aliphatic heterocycles.